The molecule has 4 saturated heterocycles. The van der Waals surface area contributed by atoms with Gasteiger partial charge < -0.3 is 9.80 Å². The molecule has 4 aliphatic heterocycles. The number of hydrogen-bond acceptors (Lipinski definition) is 6. The maximum Gasteiger partial charge on any atom is 0.0239 e. The third kappa shape index (κ3) is 4.68. The molecule has 6 nitrogen and oxygen atoms in total. The number of fused-ring (bicyclic) bond motifs is 2. The minimum Gasteiger partial charge on any atom is -0.304 e. The maximum atomic E-state index is 2.80. The van der Waals surface area contributed by atoms with Gasteiger partial charge in [0.15, 0.2) is 0 Å². The molecule has 6 heteroatoms. The molecular weight excluding hydrogens is 336 g/mol. The molecule has 4 unspecified atom stereocenters. The molecule has 0 saturated carbocycles. The first kappa shape index (κ1) is 20.0. The van der Waals surface area contributed by atoms with Crippen molar-refractivity contribution in [3.05, 3.63) is 0 Å². The molecule has 0 radical (unpaired) electrons. The van der Waals surface area contributed by atoms with Crippen molar-refractivity contribution in [2.45, 2.75) is 44.4 Å². The van der Waals surface area contributed by atoms with E-state index in [1.54, 1.807) is 0 Å². The van der Waals surface area contributed by atoms with Crippen molar-refractivity contribution in [2.24, 2.45) is 0 Å². The van der Waals surface area contributed by atoms with Crippen LogP contribution in [0.4, 0.5) is 0 Å². The molecule has 156 valence electrons. The monoisotopic (exact) mass is 378 g/mol. The van der Waals surface area contributed by atoms with Gasteiger partial charge in [0, 0.05) is 103 Å². The van der Waals surface area contributed by atoms with Crippen molar-refractivity contribution in [3.8, 4) is 0 Å². The van der Waals surface area contributed by atoms with Gasteiger partial charge in [0.1, 0.15) is 0 Å². The zero-order valence-electron chi connectivity index (χ0n) is 18.2. The molecule has 0 aromatic carbocycles. The van der Waals surface area contributed by atoms with Crippen molar-refractivity contribution in [1.29, 1.82) is 0 Å². The number of rotatable bonds is 6. The summed E-state index contributed by atoms with van der Waals surface area (Å²) >= 11 is 0. The van der Waals surface area contributed by atoms with Gasteiger partial charge in [-0.3, -0.25) is 19.6 Å². The van der Waals surface area contributed by atoms with Crippen LogP contribution < -0.4 is 0 Å². The summed E-state index contributed by atoms with van der Waals surface area (Å²) in [6.07, 6.45) is 1.41. The Labute approximate surface area is 167 Å². The molecule has 0 spiro atoms. The number of likely N-dealkylation sites (N-methyl/N-ethyl adjacent to an activating group) is 2. The molecule has 0 aromatic rings. The number of hydrogen-bond donors (Lipinski definition) is 0. The highest BCUT2D eigenvalue weighted by Crippen LogP contribution is 2.30. The summed E-state index contributed by atoms with van der Waals surface area (Å²) in [4.78, 5) is 15.9. The molecule has 4 aliphatic rings. The van der Waals surface area contributed by atoms with E-state index in [1.165, 1.54) is 85.0 Å². The van der Waals surface area contributed by atoms with E-state index in [-0.39, 0.29) is 0 Å². The highest BCUT2D eigenvalue weighted by Gasteiger charge is 2.43. The number of piperazine rings is 3. The molecule has 2 bridgehead atoms. The molecule has 4 atom stereocenters. The van der Waals surface area contributed by atoms with Gasteiger partial charge in [0.05, 0.1) is 0 Å². The fraction of sp³-hybridized carbons (Fsp3) is 1.00. The van der Waals surface area contributed by atoms with Crippen LogP contribution in [-0.4, -0.2) is 146 Å². The van der Waals surface area contributed by atoms with E-state index in [9.17, 15) is 0 Å². The van der Waals surface area contributed by atoms with Crippen molar-refractivity contribution in [2.75, 3.05) is 92.6 Å². The molecule has 0 aromatic heterocycles. The Kier molecular flexibility index (Phi) is 6.41. The lowest BCUT2D eigenvalue weighted by molar-refractivity contribution is 0.0431. The fourth-order valence-corrected chi connectivity index (χ4v) is 5.66. The molecular formula is C21H42N6. The number of nitrogens with zero attached hydrogens (tertiary/aromatic N) is 6. The zero-order valence-corrected chi connectivity index (χ0v) is 18.2. The van der Waals surface area contributed by atoms with Gasteiger partial charge in [-0.15, -0.1) is 0 Å². The highest BCUT2D eigenvalue weighted by atomic mass is 15.4. The smallest absolute Gasteiger partial charge is 0.0239 e. The topological polar surface area (TPSA) is 19.4 Å². The maximum absolute atomic E-state index is 2.80. The largest absolute Gasteiger partial charge is 0.304 e. The van der Waals surface area contributed by atoms with Crippen molar-refractivity contribution in [1.82, 2.24) is 29.4 Å². The minimum absolute atomic E-state index is 0.696. The van der Waals surface area contributed by atoms with Crippen LogP contribution in [0.2, 0.25) is 0 Å². The molecule has 4 rings (SSSR count). The summed E-state index contributed by atoms with van der Waals surface area (Å²) in [6.45, 7) is 19.9. The summed E-state index contributed by atoms with van der Waals surface area (Å²) in [6, 6.07) is 3.04. The number of likely N-dealkylation sites (tertiary alicyclic amines) is 2. The van der Waals surface area contributed by atoms with Crippen molar-refractivity contribution >= 4 is 0 Å². The van der Waals surface area contributed by atoms with Crippen LogP contribution in [0, 0.1) is 0 Å². The molecule has 0 N–H and O–H groups in total. The van der Waals surface area contributed by atoms with Gasteiger partial charge in [-0.05, 0) is 34.4 Å². The Balaban J connectivity index is 1.17. The van der Waals surface area contributed by atoms with E-state index in [0.717, 1.165) is 12.1 Å². The fourth-order valence-electron chi connectivity index (χ4n) is 5.66. The van der Waals surface area contributed by atoms with Gasteiger partial charge in [0.2, 0.25) is 0 Å². The standard InChI is InChI=1S/C21H42N6/c1-18-15-25(19(2)14-23(18)4)11-12-27-17-20-13-21(27)16-26(20)10-9-24-7-5-22(3)6-8-24/h18-21H,5-17H2,1-4H3. The Bertz CT molecular complexity index is 479. The van der Waals surface area contributed by atoms with E-state index in [0.29, 0.717) is 12.1 Å². The minimum atomic E-state index is 0.696. The molecule has 4 fully saturated rings. The van der Waals surface area contributed by atoms with E-state index >= 15 is 0 Å². The molecule has 27 heavy (non-hydrogen) atoms. The van der Waals surface area contributed by atoms with Gasteiger partial charge in [-0.1, -0.05) is 0 Å². The van der Waals surface area contributed by atoms with Crippen LogP contribution in [0.1, 0.15) is 20.3 Å². The summed E-state index contributed by atoms with van der Waals surface area (Å²) in [5.41, 5.74) is 0. The first-order chi connectivity index (χ1) is 13.0. The summed E-state index contributed by atoms with van der Waals surface area (Å²) < 4.78 is 0. The average molecular weight is 379 g/mol. The van der Waals surface area contributed by atoms with Crippen LogP contribution in [0.5, 0.6) is 0 Å². The predicted octanol–water partition coefficient (Wildman–Crippen LogP) is 0.0167. The van der Waals surface area contributed by atoms with Gasteiger partial charge in [-0.25, -0.2) is 0 Å². The third-order valence-electron chi connectivity index (χ3n) is 7.87. The van der Waals surface area contributed by atoms with Crippen LogP contribution >= 0.6 is 0 Å². The second kappa shape index (κ2) is 8.64. The van der Waals surface area contributed by atoms with Crippen LogP contribution in [0.15, 0.2) is 0 Å². The zero-order chi connectivity index (χ0) is 19.0. The van der Waals surface area contributed by atoms with Gasteiger partial charge in [0.25, 0.3) is 0 Å². The lowest BCUT2D eigenvalue weighted by Gasteiger charge is -2.43. The average Bonchev–Trinajstić information content (AvgIpc) is 3.23. The lowest BCUT2D eigenvalue weighted by Crippen LogP contribution is -2.57. The van der Waals surface area contributed by atoms with E-state index in [4.69, 9.17) is 0 Å². The summed E-state index contributed by atoms with van der Waals surface area (Å²) in [7, 11) is 4.52. The summed E-state index contributed by atoms with van der Waals surface area (Å²) in [5, 5.41) is 0. The first-order valence-corrected chi connectivity index (χ1v) is 11.3. The Morgan fingerprint density at radius 3 is 1.85 bits per heavy atom. The Hall–Kier alpha value is -0.240. The van der Waals surface area contributed by atoms with Crippen LogP contribution in [0.25, 0.3) is 0 Å². The van der Waals surface area contributed by atoms with Crippen molar-refractivity contribution in [3.63, 3.8) is 0 Å². The molecule has 4 heterocycles. The molecule has 0 amide bonds. The highest BCUT2D eigenvalue weighted by molar-refractivity contribution is 5.00. The Morgan fingerprint density at radius 2 is 1.22 bits per heavy atom. The van der Waals surface area contributed by atoms with Crippen LogP contribution in [0.3, 0.4) is 0 Å². The molecule has 0 aliphatic carbocycles. The SMILES string of the molecule is CC1CN(CCN2CC3CC2CN3CCN2CCN(C)CC2)C(C)CN1C. The Morgan fingerprint density at radius 1 is 0.630 bits per heavy atom. The van der Waals surface area contributed by atoms with E-state index in [1.807, 2.05) is 0 Å². The van der Waals surface area contributed by atoms with E-state index in [2.05, 4.69) is 57.3 Å². The van der Waals surface area contributed by atoms with Gasteiger partial charge >= 0.3 is 0 Å². The second-order valence-electron chi connectivity index (χ2n) is 9.81. The van der Waals surface area contributed by atoms with Crippen LogP contribution in [-0.2, 0) is 0 Å². The first-order valence-electron chi connectivity index (χ1n) is 11.3. The van der Waals surface area contributed by atoms with Crippen molar-refractivity contribution < 1.29 is 0 Å². The predicted molar refractivity (Wildman–Crippen MR) is 112 cm³/mol. The van der Waals surface area contributed by atoms with E-state index < -0.39 is 0 Å². The van der Waals surface area contributed by atoms with Gasteiger partial charge in [-0.2, -0.15) is 0 Å². The normalized spacial score (nSPS) is 38.2. The quantitative estimate of drug-likeness (QED) is 0.644. The lowest BCUT2D eigenvalue weighted by atomic mass is 10.1. The third-order valence-corrected chi connectivity index (χ3v) is 7.87. The second-order valence-corrected chi connectivity index (χ2v) is 9.81. The summed E-state index contributed by atoms with van der Waals surface area (Å²) in [5.74, 6) is 0.